The standard InChI is InChI=1S/C17H20N2O/c1-2-8-15(9-3-1)20-17-11-5-4-10-16(17)19-13-14-7-6-12-18-14/h1-5,8-11,14,18-19H,6-7,12-13H2. The molecule has 1 fully saturated rings. The van der Waals surface area contributed by atoms with Gasteiger partial charge in [-0.05, 0) is 43.7 Å². The number of hydrogen-bond acceptors (Lipinski definition) is 3. The second kappa shape index (κ2) is 6.44. The SMILES string of the molecule is c1ccc(Oc2ccccc2NCC2CCCN2)cc1. The quantitative estimate of drug-likeness (QED) is 0.868. The average molecular weight is 268 g/mol. The van der Waals surface area contributed by atoms with Crippen molar-refractivity contribution in [2.75, 3.05) is 18.4 Å². The molecule has 3 heteroatoms. The van der Waals surface area contributed by atoms with Crippen LogP contribution in [0.5, 0.6) is 11.5 Å². The molecule has 0 aromatic heterocycles. The van der Waals surface area contributed by atoms with E-state index in [1.807, 2.05) is 48.5 Å². The lowest BCUT2D eigenvalue weighted by molar-refractivity contribution is 0.484. The fraction of sp³-hybridized carbons (Fsp3) is 0.294. The van der Waals surface area contributed by atoms with Crippen molar-refractivity contribution >= 4 is 5.69 Å². The first kappa shape index (κ1) is 13.0. The zero-order chi connectivity index (χ0) is 13.6. The van der Waals surface area contributed by atoms with E-state index >= 15 is 0 Å². The predicted octanol–water partition coefficient (Wildman–Crippen LogP) is 3.64. The summed E-state index contributed by atoms with van der Waals surface area (Å²) in [5.41, 5.74) is 1.05. The summed E-state index contributed by atoms with van der Waals surface area (Å²) in [7, 11) is 0. The number of nitrogens with one attached hydrogen (secondary N) is 2. The predicted molar refractivity (Wildman–Crippen MR) is 82.5 cm³/mol. The Hall–Kier alpha value is -2.00. The normalized spacial score (nSPS) is 17.9. The Kier molecular flexibility index (Phi) is 4.19. The van der Waals surface area contributed by atoms with Gasteiger partial charge in [0.15, 0.2) is 5.75 Å². The van der Waals surface area contributed by atoms with Crippen LogP contribution in [0.1, 0.15) is 12.8 Å². The third-order valence-electron chi connectivity index (χ3n) is 3.56. The lowest BCUT2D eigenvalue weighted by atomic mass is 10.2. The molecule has 0 saturated carbocycles. The molecule has 104 valence electrons. The number of rotatable bonds is 5. The van der Waals surface area contributed by atoms with Crippen molar-refractivity contribution in [2.45, 2.75) is 18.9 Å². The first-order valence-corrected chi connectivity index (χ1v) is 7.21. The van der Waals surface area contributed by atoms with E-state index in [1.54, 1.807) is 0 Å². The van der Waals surface area contributed by atoms with Crippen molar-refractivity contribution in [1.29, 1.82) is 0 Å². The van der Waals surface area contributed by atoms with Crippen molar-refractivity contribution in [3.8, 4) is 11.5 Å². The molecule has 0 bridgehead atoms. The third kappa shape index (κ3) is 3.31. The van der Waals surface area contributed by atoms with Gasteiger partial charge in [-0.3, -0.25) is 0 Å². The van der Waals surface area contributed by atoms with Gasteiger partial charge in [-0.25, -0.2) is 0 Å². The summed E-state index contributed by atoms with van der Waals surface area (Å²) < 4.78 is 5.94. The maximum Gasteiger partial charge on any atom is 0.150 e. The van der Waals surface area contributed by atoms with E-state index in [9.17, 15) is 0 Å². The van der Waals surface area contributed by atoms with Gasteiger partial charge in [0.25, 0.3) is 0 Å². The molecule has 2 aromatic rings. The second-order valence-electron chi connectivity index (χ2n) is 5.09. The molecule has 0 amide bonds. The molecule has 20 heavy (non-hydrogen) atoms. The minimum Gasteiger partial charge on any atom is -0.455 e. The minimum absolute atomic E-state index is 0.569. The van der Waals surface area contributed by atoms with Crippen molar-refractivity contribution in [1.82, 2.24) is 5.32 Å². The summed E-state index contributed by atoms with van der Waals surface area (Å²) in [6.07, 6.45) is 2.52. The lowest BCUT2D eigenvalue weighted by Gasteiger charge is -2.16. The van der Waals surface area contributed by atoms with Gasteiger partial charge in [0.05, 0.1) is 5.69 Å². The fourth-order valence-electron chi connectivity index (χ4n) is 2.48. The molecule has 2 aromatic carbocycles. The van der Waals surface area contributed by atoms with Crippen molar-refractivity contribution in [3.05, 3.63) is 54.6 Å². The number of benzene rings is 2. The van der Waals surface area contributed by atoms with Crippen LogP contribution < -0.4 is 15.4 Å². The van der Waals surface area contributed by atoms with E-state index in [4.69, 9.17) is 4.74 Å². The maximum absolute atomic E-state index is 5.94. The Morgan fingerprint density at radius 2 is 1.85 bits per heavy atom. The Labute approximate surface area is 120 Å². The summed E-state index contributed by atoms with van der Waals surface area (Å²) in [5, 5.41) is 6.98. The fourth-order valence-corrected chi connectivity index (χ4v) is 2.48. The van der Waals surface area contributed by atoms with Crippen LogP contribution in [0.15, 0.2) is 54.6 Å². The zero-order valence-corrected chi connectivity index (χ0v) is 11.5. The monoisotopic (exact) mass is 268 g/mol. The van der Waals surface area contributed by atoms with Gasteiger partial charge in [0.2, 0.25) is 0 Å². The van der Waals surface area contributed by atoms with Crippen LogP contribution in [-0.2, 0) is 0 Å². The molecule has 3 nitrogen and oxygen atoms in total. The van der Waals surface area contributed by atoms with Gasteiger partial charge in [-0.15, -0.1) is 0 Å². The van der Waals surface area contributed by atoms with Crippen molar-refractivity contribution < 1.29 is 4.74 Å². The average Bonchev–Trinajstić information content (AvgIpc) is 3.01. The van der Waals surface area contributed by atoms with Gasteiger partial charge >= 0.3 is 0 Å². The molecule has 1 heterocycles. The van der Waals surface area contributed by atoms with Crippen LogP contribution in [0.2, 0.25) is 0 Å². The summed E-state index contributed by atoms with van der Waals surface area (Å²) in [6.45, 7) is 2.07. The van der Waals surface area contributed by atoms with Gasteiger partial charge in [0, 0.05) is 12.6 Å². The largest absolute Gasteiger partial charge is 0.455 e. The van der Waals surface area contributed by atoms with Gasteiger partial charge in [-0.2, -0.15) is 0 Å². The highest BCUT2D eigenvalue weighted by Crippen LogP contribution is 2.29. The van der Waals surface area contributed by atoms with E-state index in [1.165, 1.54) is 12.8 Å². The highest BCUT2D eigenvalue weighted by molar-refractivity contribution is 5.57. The topological polar surface area (TPSA) is 33.3 Å². The van der Waals surface area contributed by atoms with Crippen LogP contribution >= 0.6 is 0 Å². The number of ether oxygens (including phenoxy) is 1. The number of para-hydroxylation sites is 3. The smallest absolute Gasteiger partial charge is 0.150 e. The highest BCUT2D eigenvalue weighted by atomic mass is 16.5. The van der Waals surface area contributed by atoms with Gasteiger partial charge in [-0.1, -0.05) is 30.3 Å². The van der Waals surface area contributed by atoms with Crippen LogP contribution in [0.3, 0.4) is 0 Å². The summed E-state index contributed by atoms with van der Waals surface area (Å²) in [4.78, 5) is 0. The van der Waals surface area contributed by atoms with Crippen molar-refractivity contribution in [3.63, 3.8) is 0 Å². The van der Waals surface area contributed by atoms with Crippen LogP contribution in [0.4, 0.5) is 5.69 Å². The molecule has 1 aliphatic rings. The second-order valence-corrected chi connectivity index (χ2v) is 5.09. The van der Waals surface area contributed by atoms with Gasteiger partial charge in [0.1, 0.15) is 5.75 Å². The Bertz CT molecular complexity index is 536. The highest BCUT2D eigenvalue weighted by Gasteiger charge is 2.14. The Morgan fingerprint density at radius 1 is 1.05 bits per heavy atom. The Morgan fingerprint density at radius 3 is 2.65 bits per heavy atom. The van der Waals surface area contributed by atoms with Gasteiger partial charge < -0.3 is 15.4 Å². The molecule has 2 N–H and O–H groups in total. The number of anilines is 1. The van der Waals surface area contributed by atoms with Crippen molar-refractivity contribution in [2.24, 2.45) is 0 Å². The third-order valence-corrected chi connectivity index (χ3v) is 3.56. The van der Waals surface area contributed by atoms with E-state index in [0.29, 0.717) is 6.04 Å². The molecule has 0 radical (unpaired) electrons. The zero-order valence-electron chi connectivity index (χ0n) is 11.5. The Balaban J connectivity index is 1.67. The van der Waals surface area contributed by atoms with Crippen LogP contribution in [-0.4, -0.2) is 19.1 Å². The number of hydrogen-bond donors (Lipinski definition) is 2. The van der Waals surface area contributed by atoms with E-state index in [-0.39, 0.29) is 0 Å². The molecule has 0 aliphatic carbocycles. The molecule has 1 saturated heterocycles. The summed E-state index contributed by atoms with van der Waals surface area (Å²) in [6, 6.07) is 18.5. The molecular formula is C17H20N2O. The first-order valence-electron chi connectivity index (χ1n) is 7.21. The summed E-state index contributed by atoms with van der Waals surface area (Å²) >= 11 is 0. The minimum atomic E-state index is 0.569. The van der Waals surface area contributed by atoms with Crippen LogP contribution in [0, 0.1) is 0 Å². The molecule has 1 aliphatic heterocycles. The lowest BCUT2D eigenvalue weighted by Crippen LogP contribution is -2.29. The maximum atomic E-state index is 5.94. The molecule has 0 spiro atoms. The molecule has 3 rings (SSSR count). The van der Waals surface area contributed by atoms with E-state index in [0.717, 1.165) is 30.3 Å². The van der Waals surface area contributed by atoms with E-state index in [2.05, 4.69) is 16.7 Å². The van der Waals surface area contributed by atoms with E-state index < -0.39 is 0 Å². The summed E-state index contributed by atoms with van der Waals surface area (Å²) in [5.74, 6) is 1.73. The molecule has 1 atom stereocenters. The first-order chi connectivity index (χ1) is 9.92. The molecule has 1 unspecified atom stereocenters. The van der Waals surface area contributed by atoms with Crippen LogP contribution in [0.25, 0.3) is 0 Å². The molecular weight excluding hydrogens is 248 g/mol.